The van der Waals surface area contributed by atoms with Crippen LogP contribution in [0.3, 0.4) is 0 Å². The van der Waals surface area contributed by atoms with Crippen molar-refractivity contribution in [2.75, 3.05) is 6.61 Å². The van der Waals surface area contributed by atoms with Gasteiger partial charge in [0.05, 0.1) is 18.3 Å². The monoisotopic (exact) mass is 449 g/mol. The zero-order valence-electron chi connectivity index (χ0n) is 20.2. The van der Waals surface area contributed by atoms with Crippen molar-refractivity contribution in [2.45, 2.75) is 78.1 Å². The summed E-state index contributed by atoms with van der Waals surface area (Å²) in [4.78, 5) is 26.4. The van der Waals surface area contributed by atoms with Gasteiger partial charge in [-0.25, -0.2) is 0 Å². The maximum absolute atomic E-state index is 14.0. The van der Waals surface area contributed by atoms with Gasteiger partial charge >= 0.3 is 0 Å². The Morgan fingerprint density at radius 3 is 2.64 bits per heavy atom. The van der Waals surface area contributed by atoms with Crippen LogP contribution in [-0.4, -0.2) is 30.1 Å². The molecule has 0 aromatic heterocycles. The van der Waals surface area contributed by atoms with Gasteiger partial charge in [-0.3, -0.25) is 9.59 Å². The molecule has 0 aromatic rings. The fourth-order valence-corrected chi connectivity index (χ4v) is 8.92. The molecule has 10 atom stereocenters. The van der Waals surface area contributed by atoms with Gasteiger partial charge in [-0.2, -0.15) is 5.26 Å². The average Bonchev–Trinajstić information content (AvgIpc) is 3.23. The molecule has 0 bridgehead atoms. The van der Waals surface area contributed by atoms with E-state index in [1.165, 1.54) is 0 Å². The van der Waals surface area contributed by atoms with Gasteiger partial charge in [0.2, 0.25) is 0 Å². The van der Waals surface area contributed by atoms with Crippen LogP contribution in [0.1, 0.15) is 66.2 Å². The number of Topliss-reactive ketones (excluding diaryl/α,β-unsaturated/α-hetero) is 1. The molecule has 6 aliphatic rings. The van der Waals surface area contributed by atoms with Crippen molar-refractivity contribution in [2.24, 2.45) is 46.3 Å². The van der Waals surface area contributed by atoms with Gasteiger partial charge in [0.1, 0.15) is 6.07 Å². The zero-order chi connectivity index (χ0) is 23.3. The van der Waals surface area contributed by atoms with Gasteiger partial charge < -0.3 is 9.47 Å². The van der Waals surface area contributed by atoms with Crippen LogP contribution in [0.2, 0.25) is 0 Å². The van der Waals surface area contributed by atoms with Crippen LogP contribution >= 0.6 is 0 Å². The Bertz CT molecular complexity index is 1030. The van der Waals surface area contributed by atoms with Gasteiger partial charge in [-0.15, -0.1) is 0 Å². The minimum absolute atomic E-state index is 0.0456. The van der Waals surface area contributed by atoms with Crippen LogP contribution in [0.5, 0.6) is 0 Å². The van der Waals surface area contributed by atoms with Gasteiger partial charge in [0.15, 0.2) is 17.4 Å². The van der Waals surface area contributed by atoms with Crippen LogP contribution in [-0.2, 0) is 19.1 Å². The molecule has 2 saturated heterocycles. The number of fused-ring (bicyclic) bond motifs is 7. The second kappa shape index (κ2) is 6.89. The number of ether oxygens (including phenoxy) is 2. The molecular weight excluding hydrogens is 414 g/mol. The fraction of sp³-hybridized carbons (Fsp3) is 0.750. The number of carbonyl (C=O) groups is 2. The maximum atomic E-state index is 14.0. The Balaban J connectivity index is 1.38. The highest BCUT2D eigenvalue weighted by molar-refractivity contribution is 6.01. The lowest BCUT2D eigenvalue weighted by molar-refractivity contribution is -0.271. The lowest BCUT2D eigenvalue weighted by Gasteiger charge is -2.54. The molecule has 5 nitrogen and oxygen atoms in total. The summed E-state index contributed by atoms with van der Waals surface area (Å²) in [5.41, 5.74) is 0.606. The summed E-state index contributed by atoms with van der Waals surface area (Å²) in [6, 6.07) is 2.11. The largest absolute Gasteiger partial charge is 0.349 e. The van der Waals surface area contributed by atoms with Crippen molar-refractivity contribution < 1.29 is 19.1 Å². The summed E-state index contributed by atoms with van der Waals surface area (Å²) in [6.07, 6.45) is 9.19. The number of ketones is 2. The highest BCUT2D eigenvalue weighted by atomic mass is 16.7. The molecule has 2 heterocycles. The quantitative estimate of drug-likeness (QED) is 0.532. The van der Waals surface area contributed by atoms with Gasteiger partial charge in [-0.1, -0.05) is 39.3 Å². The van der Waals surface area contributed by atoms with E-state index in [2.05, 4.69) is 33.8 Å². The molecule has 0 aromatic carbocycles. The number of hydrogen-bond donors (Lipinski definition) is 0. The van der Waals surface area contributed by atoms with Crippen LogP contribution < -0.4 is 0 Å². The third kappa shape index (κ3) is 2.66. The van der Waals surface area contributed by atoms with Crippen molar-refractivity contribution in [3.05, 3.63) is 23.3 Å². The summed E-state index contributed by atoms with van der Waals surface area (Å²) in [7, 11) is 0. The Morgan fingerprint density at radius 1 is 1.15 bits per heavy atom. The van der Waals surface area contributed by atoms with E-state index in [9.17, 15) is 14.9 Å². The Labute approximate surface area is 196 Å². The van der Waals surface area contributed by atoms with Crippen LogP contribution in [0, 0.1) is 57.7 Å². The molecule has 2 aliphatic heterocycles. The third-order valence-electron chi connectivity index (χ3n) is 10.8. The van der Waals surface area contributed by atoms with Crippen molar-refractivity contribution in [1.82, 2.24) is 0 Å². The van der Waals surface area contributed by atoms with E-state index in [-0.39, 0.29) is 52.3 Å². The Morgan fingerprint density at radius 2 is 1.94 bits per heavy atom. The van der Waals surface area contributed by atoms with Crippen LogP contribution in [0.25, 0.3) is 0 Å². The van der Waals surface area contributed by atoms with Crippen molar-refractivity contribution in [1.29, 1.82) is 5.26 Å². The van der Waals surface area contributed by atoms with E-state index in [1.54, 1.807) is 0 Å². The Kier molecular flexibility index (Phi) is 4.54. The van der Waals surface area contributed by atoms with Gasteiger partial charge in [-0.05, 0) is 55.4 Å². The summed E-state index contributed by atoms with van der Waals surface area (Å²) < 4.78 is 13.1. The first-order valence-corrected chi connectivity index (χ1v) is 12.9. The maximum Gasteiger partial charge on any atom is 0.173 e. The molecule has 33 heavy (non-hydrogen) atoms. The molecule has 4 aliphatic carbocycles. The number of nitriles is 1. The van der Waals surface area contributed by atoms with Crippen molar-refractivity contribution in [3.63, 3.8) is 0 Å². The third-order valence-corrected chi connectivity index (χ3v) is 10.8. The van der Waals surface area contributed by atoms with Gasteiger partial charge in [0, 0.05) is 35.5 Å². The average molecular weight is 450 g/mol. The molecule has 4 fully saturated rings. The highest BCUT2D eigenvalue weighted by Crippen LogP contribution is 2.68. The predicted octanol–water partition coefficient (Wildman–Crippen LogP) is 4.77. The molecule has 0 N–H and O–H groups in total. The zero-order valence-corrected chi connectivity index (χ0v) is 20.2. The Hall–Kier alpha value is -1.77. The van der Waals surface area contributed by atoms with Crippen molar-refractivity contribution in [3.8, 4) is 6.07 Å². The van der Waals surface area contributed by atoms with E-state index in [1.807, 2.05) is 12.2 Å². The van der Waals surface area contributed by atoms with E-state index >= 15 is 0 Å². The minimum atomic E-state index is -0.530. The van der Waals surface area contributed by atoms with E-state index in [4.69, 9.17) is 9.47 Å². The highest BCUT2D eigenvalue weighted by Gasteiger charge is 2.70. The first-order valence-electron chi connectivity index (χ1n) is 12.9. The van der Waals surface area contributed by atoms with Gasteiger partial charge in [0.25, 0.3) is 0 Å². The molecule has 6 unspecified atom stereocenters. The number of hydrogen-bond acceptors (Lipinski definition) is 5. The lowest BCUT2D eigenvalue weighted by Crippen LogP contribution is -2.53. The summed E-state index contributed by atoms with van der Waals surface area (Å²) >= 11 is 0. The second-order valence-corrected chi connectivity index (χ2v) is 12.3. The summed E-state index contributed by atoms with van der Waals surface area (Å²) in [5, 5.41) is 9.53. The first kappa shape index (κ1) is 21.7. The molecule has 2 saturated carbocycles. The molecule has 0 amide bonds. The van der Waals surface area contributed by atoms with Crippen molar-refractivity contribution >= 4 is 11.6 Å². The lowest BCUT2D eigenvalue weighted by atomic mass is 9.49. The number of allylic oxidation sites excluding steroid dienone is 4. The molecule has 5 heteroatoms. The van der Waals surface area contributed by atoms with E-state index < -0.39 is 11.2 Å². The van der Waals surface area contributed by atoms with Crippen LogP contribution in [0.4, 0.5) is 0 Å². The normalized spacial score (nSPS) is 52.9. The minimum Gasteiger partial charge on any atom is -0.349 e. The van der Waals surface area contributed by atoms with E-state index in [0.717, 1.165) is 44.3 Å². The molecular formula is C28H35NO4. The van der Waals surface area contributed by atoms with Crippen LogP contribution in [0.15, 0.2) is 23.3 Å². The molecule has 0 radical (unpaired) electrons. The number of rotatable bonds is 0. The summed E-state index contributed by atoms with van der Waals surface area (Å²) in [5.74, 6) is 1.29. The SMILES string of the molecule is CC1CC[C@@]2(OC1)OC1CC3C4CCC5CC(=O)C(C#N)=C[C@]5(C)C4=CC(=O)[C@]3(C)C1[C@@H]2C. The smallest absolute Gasteiger partial charge is 0.173 e. The molecule has 6 rings (SSSR count). The standard InChI is InChI=1S/C28H35NO4/c1-15-7-8-28(32-14-15)16(2)25-23(33-28)10-21-19-6-5-18-9-22(30)17(13-29)12-26(18,3)20(19)11-24(31)27(21,25)4/h11-12,15-16,18-19,21,23,25H,5-10,14H2,1-4H3/t15?,16-,18?,19?,21?,23?,25?,26-,27+,28+/m0/s1. The van der Waals surface area contributed by atoms with E-state index in [0.29, 0.717) is 18.3 Å². The predicted molar refractivity (Wildman–Crippen MR) is 122 cm³/mol. The topological polar surface area (TPSA) is 76.4 Å². The summed E-state index contributed by atoms with van der Waals surface area (Å²) in [6.45, 7) is 9.54. The molecule has 1 spiro atoms. The number of carbonyl (C=O) groups excluding carboxylic acids is 2. The number of nitrogens with zero attached hydrogens (tertiary/aromatic N) is 1. The molecule has 176 valence electrons. The first-order chi connectivity index (χ1) is 15.6. The second-order valence-electron chi connectivity index (χ2n) is 12.3. The fourth-order valence-electron chi connectivity index (χ4n) is 8.92.